The number of hydrogen-bond acceptors (Lipinski definition) is 0. The van der Waals surface area contributed by atoms with E-state index in [1.807, 2.05) is 0 Å². The molecular weight excluding hydrogens is 721 g/mol. The highest BCUT2D eigenvalue weighted by atomic mass is 14.2. The van der Waals surface area contributed by atoms with Crippen LogP contribution in [0.25, 0.3) is 120 Å². The van der Waals surface area contributed by atoms with Crippen molar-refractivity contribution in [1.29, 1.82) is 0 Å². The first kappa shape index (κ1) is 34.3. The van der Waals surface area contributed by atoms with Crippen molar-refractivity contribution in [3.63, 3.8) is 0 Å². The minimum Gasteiger partial charge on any atom is -0.0622 e. The molecule has 0 radical (unpaired) electrons. The molecule has 12 rings (SSSR count). The van der Waals surface area contributed by atoms with Crippen molar-refractivity contribution in [2.75, 3.05) is 0 Å². The van der Waals surface area contributed by atoms with Gasteiger partial charge in [0.15, 0.2) is 0 Å². The number of fused-ring (bicyclic) bond motifs is 6. The van der Waals surface area contributed by atoms with E-state index in [1.165, 1.54) is 120 Å². The third kappa shape index (κ3) is 5.53. The Balaban J connectivity index is 1.15. The first-order valence-electron chi connectivity index (χ1n) is 20.8. The maximum Gasteiger partial charge on any atom is -0.00259 e. The van der Waals surface area contributed by atoms with E-state index in [-0.39, 0.29) is 0 Å². The number of benzene rings is 12. The van der Waals surface area contributed by atoms with Gasteiger partial charge in [-0.3, -0.25) is 0 Å². The van der Waals surface area contributed by atoms with Gasteiger partial charge in [0.25, 0.3) is 0 Å². The average Bonchev–Trinajstić information content (AvgIpc) is 3.32. The summed E-state index contributed by atoms with van der Waals surface area (Å²) >= 11 is 0. The Morgan fingerprint density at radius 2 is 0.450 bits per heavy atom. The van der Waals surface area contributed by atoms with Crippen molar-refractivity contribution in [2.45, 2.75) is 0 Å². The van der Waals surface area contributed by atoms with Crippen LogP contribution in [0, 0.1) is 0 Å². The molecule has 12 aromatic carbocycles. The van der Waals surface area contributed by atoms with E-state index in [0.717, 1.165) is 0 Å². The predicted octanol–water partition coefficient (Wildman–Crippen LogP) is 16.9. The molecule has 0 heterocycles. The lowest BCUT2D eigenvalue weighted by molar-refractivity contribution is 1.61. The number of hydrogen-bond donors (Lipinski definition) is 0. The van der Waals surface area contributed by atoms with Crippen molar-refractivity contribution in [3.05, 3.63) is 231 Å². The normalized spacial score (nSPS) is 11.7. The fourth-order valence-corrected chi connectivity index (χ4v) is 9.86. The van der Waals surface area contributed by atoms with Gasteiger partial charge in [-0.15, -0.1) is 0 Å². The summed E-state index contributed by atoms with van der Waals surface area (Å²) in [5.41, 5.74) is 12.4. The fraction of sp³-hybridized carbons (Fsp3) is 0. The highest BCUT2D eigenvalue weighted by Crippen LogP contribution is 2.48. The highest BCUT2D eigenvalue weighted by molar-refractivity contribution is 6.25. The molecule has 12 aromatic rings. The molecule has 0 heteroatoms. The Kier molecular flexibility index (Phi) is 7.96. The second-order valence-electron chi connectivity index (χ2n) is 16.0. The molecule has 0 aromatic heterocycles. The largest absolute Gasteiger partial charge is 0.0622 e. The monoisotopic (exact) mass is 758 g/mol. The molecule has 0 atom stereocenters. The second-order valence-corrected chi connectivity index (χ2v) is 16.0. The smallest absolute Gasteiger partial charge is 0.00259 e. The molecule has 0 saturated heterocycles. The van der Waals surface area contributed by atoms with Crippen LogP contribution in [-0.2, 0) is 0 Å². The summed E-state index contributed by atoms with van der Waals surface area (Å²) in [6, 6.07) is 85.3. The van der Waals surface area contributed by atoms with E-state index in [2.05, 4.69) is 231 Å². The predicted molar refractivity (Wildman–Crippen MR) is 259 cm³/mol. The first-order valence-corrected chi connectivity index (χ1v) is 20.8. The summed E-state index contributed by atoms with van der Waals surface area (Å²) in [5.74, 6) is 0. The molecule has 0 aliphatic rings. The lowest BCUT2D eigenvalue weighted by atomic mass is 9.82. The minimum atomic E-state index is 1.21. The summed E-state index contributed by atoms with van der Waals surface area (Å²) < 4.78 is 0. The molecule has 0 aliphatic heterocycles. The van der Waals surface area contributed by atoms with E-state index in [1.54, 1.807) is 0 Å². The third-order valence-corrected chi connectivity index (χ3v) is 12.6. The van der Waals surface area contributed by atoms with Crippen molar-refractivity contribution < 1.29 is 0 Å². The van der Waals surface area contributed by atoms with Gasteiger partial charge in [0.1, 0.15) is 0 Å². The zero-order valence-corrected chi connectivity index (χ0v) is 32.9. The van der Waals surface area contributed by atoms with Crippen molar-refractivity contribution in [2.24, 2.45) is 0 Å². The summed E-state index contributed by atoms with van der Waals surface area (Å²) in [7, 11) is 0. The molecule has 0 fully saturated rings. The Morgan fingerprint density at radius 1 is 0.150 bits per heavy atom. The zero-order chi connectivity index (χ0) is 39.6. The van der Waals surface area contributed by atoms with Crippen LogP contribution >= 0.6 is 0 Å². The van der Waals surface area contributed by atoms with Gasteiger partial charge in [0.2, 0.25) is 0 Å². The van der Waals surface area contributed by atoms with Gasteiger partial charge >= 0.3 is 0 Å². The van der Waals surface area contributed by atoms with Crippen LogP contribution in [0.15, 0.2) is 231 Å². The molecule has 0 bridgehead atoms. The van der Waals surface area contributed by atoms with Crippen LogP contribution in [0.1, 0.15) is 0 Å². The Bertz CT molecular complexity index is 3570. The Morgan fingerprint density at radius 3 is 0.933 bits per heavy atom. The summed E-state index contributed by atoms with van der Waals surface area (Å²) in [4.78, 5) is 0. The maximum absolute atomic E-state index is 2.49. The molecule has 60 heavy (non-hydrogen) atoms. The molecule has 0 saturated carbocycles. The van der Waals surface area contributed by atoms with Crippen LogP contribution in [-0.4, -0.2) is 0 Å². The SMILES string of the molecule is c1ccc(-c2ccc(-c3c4ccccc4c(-c4ccc5c(-c6ccc7ccccc7c6)c6ccccc6c(-c6ccc7ccccc7c6)c5c4)c4ccccc34)cc2)cc1. The maximum atomic E-state index is 2.49. The Hall–Kier alpha value is -7.80. The van der Waals surface area contributed by atoms with Crippen LogP contribution in [0.5, 0.6) is 0 Å². The van der Waals surface area contributed by atoms with Gasteiger partial charge in [0.05, 0.1) is 0 Å². The van der Waals surface area contributed by atoms with Gasteiger partial charge in [-0.2, -0.15) is 0 Å². The molecule has 278 valence electrons. The average molecular weight is 759 g/mol. The summed E-state index contributed by atoms with van der Waals surface area (Å²) in [6.07, 6.45) is 0. The lowest BCUT2D eigenvalue weighted by Gasteiger charge is -2.21. The van der Waals surface area contributed by atoms with Crippen LogP contribution in [0.3, 0.4) is 0 Å². The standard InChI is InChI=1S/C60H38/c1-2-14-39(15-3-1)42-26-30-43(31-27-42)57-49-20-8-10-22-51(49)59(52-23-11-9-21-50(52)57)48-34-35-55-56(38-48)60(47-33-29-41-17-5-7-19-45(41)37-47)54-25-13-12-24-53(54)58(55)46-32-28-40-16-4-6-18-44(40)36-46/h1-38H. The first-order chi connectivity index (χ1) is 29.8. The lowest BCUT2D eigenvalue weighted by Crippen LogP contribution is -1.94. The molecule has 0 amide bonds. The topological polar surface area (TPSA) is 0 Å². The van der Waals surface area contributed by atoms with Crippen molar-refractivity contribution in [3.8, 4) is 55.6 Å². The molecule has 0 nitrogen and oxygen atoms in total. The fourth-order valence-electron chi connectivity index (χ4n) is 9.86. The molecule has 0 aliphatic carbocycles. The molecule has 0 unspecified atom stereocenters. The number of rotatable bonds is 5. The molecule has 0 spiro atoms. The van der Waals surface area contributed by atoms with Crippen LogP contribution in [0.4, 0.5) is 0 Å². The minimum absolute atomic E-state index is 1.21. The molecule has 0 N–H and O–H groups in total. The quantitative estimate of drug-likeness (QED) is 0.153. The van der Waals surface area contributed by atoms with Gasteiger partial charge < -0.3 is 0 Å². The van der Waals surface area contributed by atoms with Crippen molar-refractivity contribution in [1.82, 2.24) is 0 Å². The van der Waals surface area contributed by atoms with Crippen LogP contribution in [0.2, 0.25) is 0 Å². The van der Waals surface area contributed by atoms with E-state index in [9.17, 15) is 0 Å². The Labute approximate surface area is 349 Å². The van der Waals surface area contributed by atoms with Crippen LogP contribution < -0.4 is 0 Å². The highest BCUT2D eigenvalue weighted by Gasteiger charge is 2.21. The van der Waals surface area contributed by atoms with E-state index in [4.69, 9.17) is 0 Å². The van der Waals surface area contributed by atoms with Gasteiger partial charge in [0, 0.05) is 0 Å². The molecular formula is C60H38. The summed E-state index contributed by atoms with van der Waals surface area (Å²) in [6.45, 7) is 0. The third-order valence-electron chi connectivity index (χ3n) is 12.6. The second kappa shape index (κ2) is 13.9. The zero-order valence-electron chi connectivity index (χ0n) is 32.9. The van der Waals surface area contributed by atoms with Crippen molar-refractivity contribution >= 4 is 64.6 Å². The van der Waals surface area contributed by atoms with Gasteiger partial charge in [-0.1, -0.05) is 212 Å². The van der Waals surface area contributed by atoms with E-state index < -0.39 is 0 Å². The van der Waals surface area contributed by atoms with Gasteiger partial charge in [-0.05, 0) is 138 Å². The van der Waals surface area contributed by atoms with E-state index in [0.29, 0.717) is 0 Å². The van der Waals surface area contributed by atoms with Gasteiger partial charge in [-0.25, -0.2) is 0 Å². The summed E-state index contributed by atoms with van der Waals surface area (Å²) in [5, 5.41) is 15.0. The van der Waals surface area contributed by atoms with E-state index >= 15 is 0 Å².